The maximum atomic E-state index is 11.5. The smallest absolute Gasteiger partial charge is 0.339 e. The van der Waals surface area contributed by atoms with Gasteiger partial charge in [-0.3, -0.25) is 4.90 Å². The van der Waals surface area contributed by atoms with Crippen LogP contribution < -0.4 is 15.0 Å². The number of hydrogen-bond donors (Lipinski definition) is 3. The summed E-state index contributed by atoms with van der Waals surface area (Å²) in [6, 6.07) is 5.49. The summed E-state index contributed by atoms with van der Waals surface area (Å²) in [5.74, 6) is -1.65. The minimum absolute atomic E-state index is 0.248. The van der Waals surface area contributed by atoms with Crippen molar-refractivity contribution in [2.24, 2.45) is 5.10 Å². The van der Waals surface area contributed by atoms with Gasteiger partial charge in [-0.1, -0.05) is 11.6 Å². The molecule has 2 heterocycles. The number of anilines is 1. The van der Waals surface area contributed by atoms with E-state index in [2.05, 4.69) is 20.2 Å². The van der Waals surface area contributed by atoms with E-state index in [1.165, 1.54) is 5.01 Å². The highest BCUT2D eigenvalue weighted by molar-refractivity contribution is 6.30. The van der Waals surface area contributed by atoms with Crippen molar-refractivity contribution in [2.75, 3.05) is 58.4 Å². The van der Waals surface area contributed by atoms with Crippen LogP contribution in [0.4, 0.5) is 10.5 Å². The Kier molecular flexibility index (Phi) is 12.0. The van der Waals surface area contributed by atoms with E-state index in [1.807, 2.05) is 18.2 Å². The molecule has 0 saturated carbocycles. The Labute approximate surface area is 214 Å². The number of rotatable bonds is 10. The fraction of sp³-hybridized carbons (Fsp3) is 0.478. The zero-order chi connectivity index (χ0) is 26.5. The lowest BCUT2D eigenvalue weighted by Crippen LogP contribution is -2.47. The number of carbonyl (C=O) groups is 3. The van der Waals surface area contributed by atoms with Crippen molar-refractivity contribution < 1.29 is 34.1 Å². The normalized spacial score (nSPS) is 18.0. The Hall–Kier alpha value is -3.35. The molecule has 12 nitrogen and oxygen atoms in total. The Bertz CT molecular complexity index is 935. The second-order valence-electron chi connectivity index (χ2n) is 7.89. The molecule has 198 valence electrons. The number of methoxy groups -OCH3 is 1. The van der Waals surface area contributed by atoms with E-state index in [-0.39, 0.29) is 6.03 Å². The molecule has 1 unspecified atom stereocenters. The molecule has 2 aliphatic rings. The van der Waals surface area contributed by atoms with Crippen molar-refractivity contribution in [3.05, 3.63) is 35.4 Å². The summed E-state index contributed by atoms with van der Waals surface area (Å²) in [6.07, 6.45) is 4.28. The van der Waals surface area contributed by atoms with Gasteiger partial charge < -0.3 is 29.9 Å². The van der Waals surface area contributed by atoms with Crippen LogP contribution in [-0.4, -0.2) is 104 Å². The number of carboxylic acids is 2. The monoisotopic (exact) mass is 525 g/mol. The van der Waals surface area contributed by atoms with E-state index in [0.29, 0.717) is 18.8 Å². The molecule has 0 aliphatic carbocycles. The summed E-state index contributed by atoms with van der Waals surface area (Å²) < 4.78 is 11.1. The van der Waals surface area contributed by atoms with Gasteiger partial charge in [0.25, 0.3) is 0 Å². The second kappa shape index (κ2) is 14.9. The summed E-state index contributed by atoms with van der Waals surface area (Å²) in [7, 11) is 3.29. The van der Waals surface area contributed by atoms with Gasteiger partial charge in [-0.2, -0.15) is 5.10 Å². The summed E-state index contributed by atoms with van der Waals surface area (Å²) >= 11 is 6.15. The van der Waals surface area contributed by atoms with Gasteiger partial charge in [0.05, 0.1) is 19.0 Å². The standard InChI is InChI=1S/C19H28ClN5O3.C4H4O4/c1-23-19(26)22-18(14-21-23)28-12-4-3-7-24-8-10-25(11-9-24)16-13-15(20)5-6-17(16)27-2;5-3(6)1-2-4(7)8/h5-6,13-14,18H,3-4,7-12H2,1-2H3,(H,22,26);1-2H,(H,5,6)(H,7,8)/b;2-1+. The third-order valence-corrected chi connectivity index (χ3v) is 5.56. The van der Waals surface area contributed by atoms with Crippen LogP contribution in [-0.2, 0) is 14.3 Å². The first kappa shape index (κ1) is 28.9. The number of benzene rings is 1. The number of aliphatic carboxylic acids is 2. The van der Waals surface area contributed by atoms with Gasteiger partial charge in [0.1, 0.15) is 5.75 Å². The number of hydrazone groups is 1. The zero-order valence-corrected chi connectivity index (χ0v) is 21.1. The number of amides is 2. The number of piperazine rings is 1. The maximum absolute atomic E-state index is 11.5. The van der Waals surface area contributed by atoms with Gasteiger partial charge in [-0.05, 0) is 37.6 Å². The predicted molar refractivity (Wildman–Crippen MR) is 135 cm³/mol. The van der Waals surface area contributed by atoms with E-state index in [0.717, 1.165) is 62.0 Å². The lowest BCUT2D eigenvalue weighted by Gasteiger charge is -2.36. The Morgan fingerprint density at radius 2 is 1.83 bits per heavy atom. The number of ether oxygens (including phenoxy) is 2. The number of carboxylic acid groups (broad SMARTS) is 2. The van der Waals surface area contributed by atoms with Gasteiger partial charge in [-0.25, -0.2) is 19.4 Å². The maximum Gasteiger partial charge on any atom is 0.339 e. The molecule has 0 aromatic heterocycles. The lowest BCUT2D eigenvalue weighted by atomic mass is 10.2. The van der Waals surface area contributed by atoms with Gasteiger partial charge >= 0.3 is 18.0 Å². The largest absolute Gasteiger partial charge is 0.495 e. The van der Waals surface area contributed by atoms with E-state index < -0.39 is 18.2 Å². The first-order valence-corrected chi connectivity index (χ1v) is 11.7. The molecule has 3 N–H and O–H groups in total. The van der Waals surface area contributed by atoms with E-state index >= 15 is 0 Å². The average molecular weight is 526 g/mol. The Morgan fingerprint density at radius 1 is 1.17 bits per heavy atom. The number of hydrogen-bond acceptors (Lipinski definition) is 8. The van der Waals surface area contributed by atoms with Crippen LogP contribution in [0.1, 0.15) is 12.8 Å². The highest BCUT2D eigenvalue weighted by atomic mass is 35.5. The first-order chi connectivity index (χ1) is 17.2. The number of nitrogens with one attached hydrogen (secondary N) is 1. The third kappa shape index (κ3) is 10.1. The molecule has 1 aromatic carbocycles. The number of carbonyl (C=O) groups excluding carboxylic acids is 1. The predicted octanol–water partition coefficient (Wildman–Crippen LogP) is 1.95. The Balaban J connectivity index is 0.000000493. The van der Waals surface area contributed by atoms with Gasteiger partial charge in [0.2, 0.25) is 0 Å². The van der Waals surface area contributed by atoms with E-state index in [9.17, 15) is 14.4 Å². The lowest BCUT2D eigenvalue weighted by molar-refractivity contribution is -0.134. The molecule has 3 rings (SSSR count). The molecular weight excluding hydrogens is 494 g/mol. The molecule has 0 radical (unpaired) electrons. The fourth-order valence-electron chi connectivity index (χ4n) is 3.46. The van der Waals surface area contributed by atoms with Crippen LogP contribution in [0.2, 0.25) is 5.02 Å². The molecule has 2 aliphatic heterocycles. The molecule has 1 fully saturated rings. The van der Waals surface area contributed by atoms with Crippen LogP contribution in [0, 0.1) is 0 Å². The fourth-order valence-corrected chi connectivity index (χ4v) is 3.63. The SMILES string of the molecule is COc1ccc(Cl)cc1N1CCN(CCCCOC2C=NN(C)C(=O)N2)CC1.O=C(O)/C=C/C(=O)O. The number of urea groups is 1. The van der Waals surface area contributed by atoms with Crippen molar-refractivity contribution in [3.8, 4) is 5.75 Å². The molecule has 0 bridgehead atoms. The van der Waals surface area contributed by atoms with Crippen LogP contribution >= 0.6 is 11.6 Å². The summed E-state index contributed by atoms with van der Waals surface area (Å²) in [5.41, 5.74) is 1.06. The molecule has 36 heavy (non-hydrogen) atoms. The molecule has 0 spiro atoms. The minimum Gasteiger partial charge on any atom is -0.495 e. The topological polar surface area (TPSA) is 144 Å². The van der Waals surface area contributed by atoms with Crippen molar-refractivity contribution in [1.29, 1.82) is 0 Å². The number of halogens is 1. The highest BCUT2D eigenvalue weighted by Crippen LogP contribution is 2.31. The van der Waals surface area contributed by atoms with Crippen LogP contribution in [0.25, 0.3) is 0 Å². The molecule has 1 aromatic rings. The van der Waals surface area contributed by atoms with Crippen LogP contribution in [0.15, 0.2) is 35.5 Å². The molecular formula is C23H32ClN5O7. The molecule has 13 heteroatoms. The van der Waals surface area contributed by atoms with E-state index in [1.54, 1.807) is 20.4 Å². The Morgan fingerprint density at radius 3 is 2.42 bits per heavy atom. The van der Waals surface area contributed by atoms with Crippen molar-refractivity contribution >= 4 is 41.5 Å². The van der Waals surface area contributed by atoms with Crippen LogP contribution in [0.3, 0.4) is 0 Å². The minimum atomic E-state index is -1.26. The molecule has 1 atom stereocenters. The highest BCUT2D eigenvalue weighted by Gasteiger charge is 2.20. The molecule has 1 saturated heterocycles. The second-order valence-corrected chi connectivity index (χ2v) is 8.33. The van der Waals surface area contributed by atoms with Gasteiger partial charge in [-0.15, -0.1) is 0 Å². The average Bonchev–Trinajstić information content (AvgIpc) is 2.85. The number of unbranched alkanes of at least 4 members (excludes halogenated alkanes) is 1. The third-order valence-electron chi connectivity index (χ3n) is 5.32. The quantitative estimate of drug-likeness (QED) is 0.308. The van der Waals surface area contributed by atoms with Gasteiger partial charge in [0, 0.05) is 57.0 Å². The summed E-state index contributed by atoms with van der Waals surface area (Å²) in [4.78, 5) is 35.4. The molecule has 2 amide bonds. The summed E-state index contributed by atoms with van der Waals surface area (Å²) in [6.45, 7) is 5.55. The van der Waals surface area contributed by atoms with Crippen molar-refractivity contribution in [1.82, 2.24) is 15.2 Å². The van der Waals surface area contributed by atoms with E-state index in [4.69, 9.17) is 31.3 Å². The van der Waals surface area contributed by atoms with Crippen molar-refractivity contribution in [3.63, 3.8) is 0 Å². The number of nitrogens with zero attached hydrogens (tertiary/aromatic N) is 4. The first-order valence-electron chi connectivity index (χ1n) is 11.3. The summed E-state index contributed by atoms with van der Waals surface area (Å²) in [5, 5.41) is 24.3. The zero-order valence-electron chi connectivity index (χ0n) is 20.3. The van der Waals surface area contributed by atoms with Crippen LogP contribution in [0.5, 0.6) is 5.75 Å². The van der Waals surface area contributed by atoms with Crippen molar-refractivity contribution in [2.45, 2.75) is 19.1 Å². The van der Waals surface area contributed by atoms with Gasteiger partial charge in [0.15, 0.2) is 6.23 Å².